The molecule has 0 aliphatic carbocycles. The molecule has 0 atom stereocenters. The summed E-state index contributed by atoms with van der Waals surface area (Å²) in [5.41, 5.74) is 0.973. The molecule has 1 rings (SSSR count). The highest BCUT2D eigenvalue weighted by molar-refractivity contribution is 7.85. The number of allylic oxidation sites excluding steroid dienone is 2. The van der Waals surface area contributed by atoms with Gasteiger partial charge in [0.2, 0.25) is 0 Å². The van der Waals surface area contributed by atoms with Crippen LogP contribution < -0.4 is 0 Å². The summed E-state index contributed by atoms with van der Waals surface area (Å²) in [6, 6.07) is 6.61. The first-order chi connectivity index (χ1) is 13.5. The SMILES string of the molecule is CCCCCCCCCCC=CCCCCCCc1cccc(S(=O)(=O)O)c1. The van der Waals surface area contributed by atoms with Crippen LogP contribution in [0.1, 0.15) is 102 Å². The highest BCUT2D eigenvalue weighted by atomic mass is 32.2. The third kappa shape index (κ3) is 13.1. The Kier molecular flexibility index (Phi) is 14.0. The summed E-state index contributed by atoms with van der Waals surface area (Å²) in [4.78, 5) is -0.00775. The molecule has 28 heavy (non-hydrogen) atoms. The second-order valence-corrected chi connectivity index (χ2v) is 9.23. The predicted molar refractivity (Wildman–Crippen MR) is 119 cm³/mol. The third-order valence-electron chi connectivity index (χ3n) is 5.17. The van der Waals surface area contributed by atoms with Gasteiger partial charge in [0.25, 0.3) is 10.1 Å². The molecule has 1 N–H and O–H groups in total. The van der Waals surface area contributed by atoms with Gasteiger partial charge in [-0.25, -0.2) is 0 Å². The van der Waals surface area contributed by atoms with Crippen molar-refractivity contribution in [1.82, 2.24) is 0 Å². The van der Waals surface area contributed by atoms with Crippen LogP contribution in [0.5, 0.6) is 0 Å². The fourth-order valence-electron chi connectivity index (χ4n) is 3.44. The fraction of sp³-hybridized carbons (Fsp3) is 0.667. The summed E-state index contributed by atoms with van der Waals surface area (Å²) in [6.07, 6.45) is 23.6. The molecule has 0 aliphatic rings. The summed E-state index contributed by atoms with van der Waals surface area (Å²) in [5.74, 6) is 0. The number of hydrogen-bond acceptors (Lipinski definition) is 2. The van der Waals surface area contributed by atoms with Crippen LogP contribution in [0.25, 0.3) is 0 Å². The van der Waals surface area contributed by atoms with Gasteiger partial charge in [-0.1, -0.05) is 89.0 Å². The van der Waals surface area contributed by atoms with Gasteiger partial charge in [-0.3, -0.25) is 4.55 Å². The van der Waals surface area contributed by atoms with Crippen molar-refractivity contribution in [2.45, 2.75) is 108 Å². The minimum Gasteiger partial charge on any atom is -0.282 e. The van der Waals surface area contributed by atoms with Crippen molar-refractivity contribution in [2.24, 2.45) is 0 Å². The van der Waals surface area contributed by atoms with E-state index in [1.165, 1.54) is 76.7 Å². The lowest BCUT2D eigenvalue weighted by molar-refractivity contribution is 0.483. The van der Waals surface area contributed by atoms with Gasteiger partial charge < -0.3 is 0 Å². The molecular formula is C24H40O3S. The molecule has 0 aromatic heterocycles. The van der Waals surface area contributed by atoms with Crippen LogP contribution in [0.15, 0.2) is 41.3 Å². The van der Waals surface area contributed by atoms with E-state index in [0.717, 1.165) is 31.2 Å². The Hall–Kier alpha value is -1.13. The Labute approximate surface area is 173 Å². The monoisotopic (exact) mass is 408 g/mol. The van der Waals surface area contributed by atoms with Crippen LogP contribution in [0.3, 0.4) is 0 Å². The zero-order chi connectivity index (χ0) is 20.5. The highest BCUT2D eigenvalue weighted by Crippen LogP contribution is 2.15. The predicted octanol–water partition coefficient (Wildman–Crippen LogP) is 7.51. The lowest BCUT2D eigenvalue weighted by Gasteiger charge is -2.03. The van der Waals surface area contributed by atoms with Crippen LogP contribution in [0.2, 0.25) is 0 Å². The first kappa shape index (κ1) is 24.9. The first-order valence-electron chi connectivity index (χ1n) is 11.3. The molecule has 0 amide bonds. The summed E-state index contributed by atoms with van der Waals surface area (Å²) >= 11 is 0. The minimum atomic E-state index is -4.09. The molecule has 1 aromatic rings. The molecule has 1 aromatic carbocycles. The molecule has 0 saturated heterocycles. The average molecular weight is 409 g/mol. The van der Waals surface area contributed by atoms with Gasteiger partial charge >= 0.3 is 0 Å². The topological polar surface area (TPSA) is 54.4 Å². The first-order valence-corrected chi connectivity index (χ1v) is 12.7. The Bertz CT molecular complexity index is 635. The van der Waals surface area contributed by atoms with Crippen molar-refractivity contribution in [3.63, 3.8) is 0 Å². The summed E-state index contributed by atoms with van der Waals surface area (Å²) in [6.45, 7) is 2.27. The maximum Gasteiger partial charge on any atom is 0.294 e. The Morgan fingerprint density at radius 2 is 1.32 bits per heavy atom. The molecule has 0 saturated carbocycles. The van der Waals surface area contributed by atoms with Crippen molar-refractivity contribution in [2.75, 3.05) is 0 Å². The zero-order valence-electron chi connectivity index (χ0n) is 17.7. The van der Waals surface area contributed by atoms with Gasteiger partial charge in [-0.2, -0.15) is 8.42 Å². The van der Waals surface area contributed by atoms with Crippen molar-refractivity contribution in [3.8, 4) is 0 Å². The normalized spacial score (nSPS) is 12.1. The molecular weight excluding hydrogens is 368 g/mol. The van der Waals surface area contributed by atoms with Crippen molar-refractivity contribution in [1.29, 1.82) is 0 Å². The quantitative estimate of drug-likeness (QED) is 0.165. The molecule has 0 fully saturated rings. The summed E-state index contributed by atoms with van der Waals surface area (Å²) in [7, 11) is -4.09. The van der Waals surface area contributed by atoms with Crippen molar-refractivity contribution >= 4 is 10.1 Å². The summed E-state index contributed by atoms with van der Waals surface area (Å²) < 4.78 is 31.4. The Balaban J connectivity index is 1.95. The molecule has 3 nitrogen and oxygen atoms in total. The standard InChI is InChI=1S/C24H40O3S/c1-2-3-4-5-6-7-8-9-10-11-12-13-14-15-16-17-19-23-20-18-21-24(22-23)28(25,26)27/h11-12,18,20-22H,2-10,13-17,19H2,1H3,(H,25,26,27). The van der Waals surface area contributed by atoms with E-state index in [4.69, 9.17) is 4.55 Å². The minimum absolute atomic E-state index is 0.00775. The van der Waals surface area contributed by atoms with Crippen LogP contribution in [-0.4, -0.2) is 13.0 Å². The van der Waals surface area contributed by atoms with E-state index in [0.29, 0.717) is 0 Å². The van der Waals surface area contributed by atoms with Gasteiger partial charge in [0.05, 0.1) is 4.90 Å². The molecule has 4 heteroatoms. The number of rotatable bonds is 17. The largest absolute Gasteiger partial charge is 0.294 e. The highest BCUT2D eigenvalue weighted by Gasteiger charge is 2.09. The number of unbranched alkanes of at least 4 members (excludes halogenated alkanes) is 12. The van der Waals surface area contributed by atoms with Gasteiger partial charge in [-0.15, -0.1) is 0 Å². The van der Waals surface area contributed by atoms with Crippen LogP contribution >= 0.6 is 0 Å². The van der Waals surface area contributed by atoms with E-state index < -0.39 is 10.1 Å². The van der Waals surface area contributed by atoms with Gasteiger partial charge in [0.15, 0.2) is 0 Å². The van der Waals surface area contributed by atoms with E-state index in [2.05, 4.69) is 19.1 Å². The lowest BCUT2D eigenvalue weighted by atomic mass is 10.1. The average Bonchev–Trinajstić information content (AvgIpc) is 2.67. The maximum absolute atomic E-state index is 11.2. The van der Waals surface area contributed by atoms with Gasteiger partial charge in [0.1, 0.15) is 0 Å². The number of aryl methyl sites for hydroxylation is 1. The smallest absolute Gasteiger partial charge is 0.282 e. The van der Waals surface area contributed by atoms with Gasteiger partial charge in [0, 0.05) is 0 Å². The lowest BCUT2D eigenvalue weighted by Crippen LogP contribution is -1.98. The van der Waals surface area contributed by atoms with E-state index >= 15 is 0 Å². The van der Waals surface area contributed by atoms with Crippen molar-refractivity contribution in [3.05, 3.63) is 42.0 Å². The molecule has 0 radical (unpaired) electrons. The molecule has 0 aliphatic heterocycles. The van der Waals surface area contributed by atoms with E-state index in [1.807, 2.05) is 6.07 Å². The summed E-state index contributed by atoms with van der Waals surface area (Å²) in [5, 5.41) is 0. The van der Waals surface area contributed by atoms with Crippen LogP contribution in [0, 0.1) is 0 Å². The van der Waals surface area contributed by atoms with Crippen LogP contribution in [0.4, 0.5) is 0 Å². The Morgan fingerprint density at radius 3 is 1.89 bits per heavy atom. The van der Waals surface area contributed by atoms with E-state index in [1.54, 1.807) is 12.1 Å². The van der Waals surface area contributed by atoms with Gasteiger partial charge in [-0.05, 0) is 56.2 Å². The fourth-order valence-corrected chi connectivity index (χ4v) is 3.99. The van der Waals surface area contributed by atoms with Crippen molar-refractivity contribution < 1.29 is 13.0 Å². The molecule has 0 bridgehead atoms. The van der Waals surface area contributed by atoms with Crippen LogP contribution in [-0.2, 0) is 16.5 Å². The third-order valence-corrected chi connectivity index (χ3v) is 6.02. The number of benzene rings is 1. The molecule has 0 heterocycles. The van der Waals surface area contributed by atoms with E-state index in [-0.39, 0.29) is 4.90 Å². The second kappa shape index (κ2) is 15.8. The zero-order valence-corrected chi connectivity index (χ0v) is 18.6. The molecule has 0 unspecified atom stereocenters. The number of hydrogen-bond donors (Lipinski definition) is 1. The molecule has 0 spiro atoms. The maximum atomic E-state index is 11.2. The Morgan fingerprint density at radius 1 is 0.786 bits per heavy atom. The second-order valence-electron chi connectivity index (χ2n) is 7.81. The van der Waals surface area contributed by atoms with E-state index in [9.17, 15) is 8.42 Å². The molecule has 160 valence electrons.